The summed E-state index contributed by atoms with van der Waals surface area (Å²) in [6.07, 6.45) is 0.707. The quantitative estimate of drug-likeness (QED) is 0.604. The third kappa shape index (κ3) is 6.43. The van der Waals surface area contributed by atoms with Crippen LogP contribution in [0.25, 0.3) is 0 Å². The molecule has 0 aromatic rings. The summed E-state index contributed by atoms with van der Waals surface area (Å²) in [4.78, 5) is 24.8. The van der Waals surface area contributed by atoms with Crippen molar-refractivity contribution in [1.29, 1.82) is 0 Å². The van der Waals surface area contributed by atoms with Gasteiger partial charge >= 0.3 is 8.80 Å². The number of carbonyl (C=O) groups is 2. The molecule has 0 rings (SSSR count). The topological polar surface area (TPSA) is 77.1 Å². The highest BCUT2D eigenvalue weighted by molar-refractivity contribution is 6.60. The van der Waals surface area contributed by atoms with Crippen LogP contribution in [0.5, 0.6) is 0 Å². The molecule has 2 amide bonds. The molecule has 0 aliphatic heterocycles. The second-order valence-electron chi connectivity index (χ2n) is 5.34. The van der Waals surface area contributed by atoms with Crippen molar-refractivity contribution in [3.8, 4) is 0 Å². The van der Waals surface area contributed by atoms with Gasteiger partial charge in [-0.05, 0) is 20.3 Å². The average molecular weight is 334 g/mol. The van der Waals surface area contributed by atoms with Gasteiger partial charge in [0, 0.05) is 59.8 Å². The summed E-state index contributed by atoms with van der Waals surface area (Å²) in [5, 5.41) is 2.82. The van der Waals surface area contributed by atoms with Gasteiger partial charge in [0.1, 0.15) is 0 Å². The Balaban J connectivity index is 4.66. The van der Waals surface area contributed by atoms with E-state index in [9.17, 15) is 9.59 Å². The largest absolute Gasteiger partial charge is 0.500 e. The van der Waals surface area contributed by atoms with Crippen molar-refractivity contribution >= 4 is 20.6 Å². The maximum absolute atomic E-state index is 11.9. The van der Waals surface area contributed by atoms with Crippen molar-refractivity contribution in [1.82, 2.24) is 10.2 Å². The van der Waals surface area contributed by atoms with Crippen LogP contribution in [-0.4, -0.2) is 65.5 Å². The van der Waals surface area contributed by atoms with Crippen molar-refractivity contribution < 1.29 is 22.9 Å². The molecular formula is C14H30N2O5Si. The lowest BCUT2D eigenvalue weighted by molar-refractivity contribution is -0.132. The Bertz CT molecular complexity index is 355. The van der Waals surface area contributed by atoms with Gasteiger partial charge in [0.2, 0.25) is 11.8 Å². The second-order valence-corrected chi connectivity index (χ2v) is 8.43. The van der Waals surface area contributed by atoms with Gasteiger partial charge in [-0.15, -0.1) is 0 Å². The van der Waals surface area contributed by atoms with Gasteiger partial charge in [-0.2, -0.15) is 0 Å². The molecule has 0 saturated heterocycles. The molecule has 0 heterocycles. The minimum atomic E-state index is -2.61. The number of amides is 2. The molecule has 0 aliphatic rings. The first-order valence-electron chi connectivity index (χ1n) is 7.42. The zero-order valence-corrected chi connectivity index (χ0v) is 15.8. The summed E-state index contributed by atoms with van der Waals surface area (Å²) in [6.45, 7) is 7.38. The van der Waals surface area contributed by atoms with E-state index in [2.05, 4.69) is 5.32 Å². The van der Waals surface area contributed by atoms with Crippen LogP contribution < -0.4 is 5.32 Å². The zero-order chi connectivity index (χ0) is 17.3. The number of rotatable bonds is 10. The average Bonchev–Trinajstić information content (AvgIpc) is 2.46. The van der Waals surface area contributed by atoms with Gasteiger partial charge in [0.05, 0.1) is 0 Å². The molecule has 0 aromatic heterocycles. The van der Waals surface area contributed by atoms with E-state index >= 15 is 0 Å². The normalized spacial score (nSPS) is 14.3. The fraction of sp³-hybridized carbons (Fsp3) is 0.857. The molecule has 2 atom stereocenters. The Hall–Kier alpha value is -0.963. The Morgan fingerprint density at radius 3 is 1.95 bits per heavy atom. The second kappa shape index (κ2) is 9.93. The molecule has 0 aliphatic carbocycles. The van der Waals surface area contributed by atoms with Crippen LogP contribution in [0.2, 0.25) is 6.04 Å². The number of nitrogens with one attached hydrogen (secondary N) is 1. The fourth-order valence-electron chi connectivity index (χ4n) is 2.38. The Labute approximate surface area is 134 Å². The molecule has 0 spiro atoms. The van der Waals surface area contributed by atoms with Gasteiger partial charge in [0.15, 0.2) is 0 Å². The van der Waals surface area contributed by atoms with Crippen molar-refractivity contribution in [2.45, 2.75) is 52.2 Å². The highest BCUT2D eigenvalue weighted by atomic mass is 28.4. The third-order valence-corrected chi connectivity index (χ3v) is 6.70. The lowest BCUT2D eigenvalue weighted by Gasteiger charge is -2.33. The third-order valence-electron chi connectivity index (χ3n) is 3.87. The molecule has 0 saturated carbocycles. The standard InChI is InChI=1S/C14H30N2O5Si/c1-11(15-13(3)17)12(2)16(14(4)18)9-8-10-22(19-5,20-6)21-7/h11-12H,8-10H2,1-7H3,(H,15,17). The van der Waals surface area contributed by atoms with Gasteiger partial charge in [0.25, 0.3) is 0 Å². The Morgan fingerprint density at radius 2 is 1.59 bits per heavy atom. The first kappa shape index (κ1) is 21.0. The van der Waals surface area contributed by atoms with Crippen molar-refractivity contribution in [2.75, 3.05) is 27.9 Å². The molecule has 8 heteroatoms. The number of carbonyl (C=O) groups excluding carboxylic acids is 2. The smallest absolute Gasteiger partial charge is 0.377 e. The monoisotopic (exact) mass is 334 g/mol. The predicted octanol–water partition coefficient (Wildman–Crippen LogP) is 1.02. The highest BCUT2D eigenvalue weighted by Crippen LogP contribution is 2.16. The summed E-state index contributed by atoms with van der Waals surface area (Å²) < 4.78 is 16.1. The SMILES string of the molecule is CO[Si](CCCN(C(C)=O)C(C)C(C)NC(C)=O)(OC)OC. The van der Waals surface area contributed by atoms with Crippen LogP contribution in [0.1, 0.15) is 34.1 Å². The maximum Gasteiger partial charge on any atom is 0.500 e. The van der Waals surface area contributed by atoms with E-state index in [1.165, 1.54) is 13.8 Å². The molecule has 2 unspecified atom stereocenters. The summed E-state index contributed by atoms with van der Waals surface area (Å²) in [7, 11) is 2.10. The zero-order valence-electron chi connectivity index (χ0n) is 14.8. The van der Waals surface area contributed by atoms with Crippen LogP contribution in [-0.2, 0) is 22.9 Å². The molecule has 22 heavy (non-hydrogen) atoms. The molecular weight excluding hydrogens is 304 g/mol. The molecule has 0 aromatic carbocycles. The van der Waals surface area contributed by atoms with Gasteiger partial charge in [-0.25, -0.2) is 0 Å². The van der Waals surface area contributed by atoms with E-state index in [0.29, 0.717) is 19.0 Å². The van der Waals surface area contributed by atoms with E-state index in [-0.39, 0.29) is 23.9 Å². The molecule has 0 fully saturated rings. The van der Waals surface area contributed by atoms with Crippen LogP contribution in [0, 0.1) is 0 Å². The number of hydrogen-bond acceptors (Lipinski definition) is 5. The number of hydrogen-bond donors (Lipinski definition) is 1. The molecule has 1 N–H and O–H groups in total. The Morgan fingerprint density at radius 1 is 1.09 bits per heavy atom. The molecule has 0 bridgehead atoms. The lowest BCUT2D eigenvalue weighted by Crippen LogP contribution is -2.51. The van der Waals surface area contributed by atoms with Crippen LogP contribution in [0.4, 0.5) is 0 Å². The number of nitrogens with zero attached hydrogens (tertiary/aromatic N) is 1. The lowest BCUT2D eigenvalue weighted by atomic mass is 10.1. The van der Waals surface area contributed by atoms with Gasteiger partial charge in [-0.3, -0.25) is 9.59 Å². The van der Waals surface area contributed by atoms with E-state index in [1.807, 2.05) is 13.8 Å². The van der Waals surface area contributed by atoms with Crippen molar-refractivity contribution in [3.05, 3.63) is 0 Å². The van der Waals surface area contributed by atoms with E-state index in [1.54, 1.807) is 26.2 Å². The minimum absolute atomic E-state index is 0.0239. The summed E-state index contributed by atoms with van der Waals surface area (Å²) in [5.74, 6) is -0.128. The van der Waals surface area contributed by atoms with E-state index < -0.39 is 8.80 Å². The van der Waals surface area contributed by atoms with E-state index in [4.69, 9.17) is 13.3 Å². The summed E-state index contributed by atoms with van der Waals surface area (Å²) in [6, 6.07) is 0.419. The first-order valence-corrected chi connectivity index (χ1v) is 9.36. The highest BCUT2D eigenvalue weighted by Gasteiger charge is 2.37. The first-order chi connectivity index (χ1) is 10.2. The molecule has 0 radical (unpaired) electrons. The van der Waals surface area contributed by atoms with Crippen LogP contribution in [0.15, 0.2) is 0 Å². The van der Waals surface area contributed by atoms with Crippen molar-refractivity contribution in [3.63, 3.8) is 0 Å². The maximum atomic E-state index is 11.9. The van der Waals surface area contributed by atoms with Crippen molar-refractivity contribution in [2.24, 2.45) is 0 Å². The van der Waals surface area contributed by atoms with Crippen LogP contribution >= 0.6 is 0 Å². The van der Waals surface area contributed by atoms with E-state index in [0.717, 1.165) is 0 Å². The van der Waals surface area contributed by atoms with Crippen LogP contribution in [0.3, 0.4) is 0 Å². The fourth-order valence-corrected chi connectivity index (χ4v) is 4.08. The minimum Gasteiger partial charge on any atom is -0.377 e. The molecule has 7 nitrogen and oxygen atoms in total. The summed E-state index contributed by atoms with van der Waals surface area (Å²) >= 11 is 0. The molecule has 130 valence electrons. The van der Waals surface area contributed by atoms with Gasteiger partial charge < -0.3 is 23.5 Å². The Kier molecular flexibility index (Phi) is 9.50. The van der Waals surface area contributed by atoms with Gasteiger partial charge in [-0.1, -0.05) is 0 Å². The predicted molar refractivity (Wildman–Crippen MR) is 86.3 cm³/mol. The summed E-state index contributed by atoms with van der Waals surface area (Å²) in [5.41, 5.74) is 0.